The van der Waals surface area contributed by atoms with Crippen LogP contribution >= 0.6 is 11.6 Å². The molecule has 1 aliphatic rings. The van der Waals surface area contributed by atoms with Crippen LogP contribution in [0, 0.1) is 17.1 Å². The Bertz CT molecular complexity index is 1390. The Labute approximate surface area is 226 Å². The van der Waals surface area contributed by atoms with Crippen molar-refractivity contribution in [1.82, 2.24) is 10.3 Å². The molecule has 2 amide bonds. The molecular formula is C25H24ClF4N5O4. The van der Waals surface area contributed by atoms with Crippen molar-refractivity contribution in [3.05, 3.63) is 58.1 Å². The summed E-state index contributed by atoms with van der Waals surface area (Å²) in [5.41, 5.74) is -6.08. The molecule has 0 fully saturated rings. The summed E-state index contributed by atoms with van der Waals surface area (Å²) in [4.78, 5) is 33.0. The number of amidine groups is 1. The van der Waals surface area contributed by atoms with Crippen molar-refractivity contribution in [3.8, 4) is 6.07 Å². The van der Waals surface area contributed by atoms with Gasteiger partial charge < -0.3 is 14.8 Å². The zero-order valence-electron chi connectivity index (χ0n) is 21.5. The first-order valence-electron chi connectivity index (χ1n) is 11.4. The summed E-state index contributed by atoms with van der Waals surface area (Å²) in [6.45, 7) is 5.84. The van der Waals surface area contributed by atoms with Crippen LogP contribution in [0.15, 0.2) is 35.5 Å². The van der Waals surface area contributed by atoms with Gasteiger partial charge in [0.25, 0.3) is 5.91 Å². The number of benzene rings is 1. The predicted molar refractivity (Wildman–Crippen MR) is 133 cm³/mol. The molecular weight excluding hydrogens is 546 g/mol. The Balaban J connectivity index is 2.00. The van der Waals surface area contributed by atoms with Crippen molar-refractivity contribution in [1.29, 1.82) is 5.26 Å². The largest absolute Gasteiger partial charge is 0.444 e. The monoisotopic (exact) mass is 569 g/mol. The fourth-order valence-corrected chi connectivity index (χ4v) is 3.76. The molecule has 0 radical (unpaired) electrons. The Kier molecular flexibility index (Phi) is 7.96. The number of carbonyl (C=O) groups is 2. The number of amides is 2. The van der Waals surface area contributed by atoms with Gasteiger partial charge in [0.15, 0.2) is 0 Å². The van der Waals surface area contributed by atoms with E-state index in [0.29, 0.717) is 6.92 Å². The molecule has 3 rings (SSSR count). The van der Waals surface area contributed by atoms with Crippen LogP contribution in [0.5, 0.6) is 0 Å². The van der Waals surface area contributed by atoms with E-state index in [1.165, 1.54) is 45.9 Å². The van der Waals surface area contributed by atoms with Crippen molar-refractivity contribution >= 4 is 35.1 Å². The van der Waals surface area contributed by atoms with Crippen LogP contribution in [-0.4, -0.2) is 46.8 Å². The molecule has 208 valence electrons. The van der Waals surface area contributed by atoms with E-state index < -0.39 is 53.2 Å². The van der Waals surface area contributed by atoms with Gasteiger partial charge in [-0.1, -0.05) is 11.6 Å². The maximum atomic E-state index is 15.0. The van der Waals surface area contributed by atoms with Gasteiger partial charge in [-0.3, -0.25) is 15.1 Å². The maximum Gasteiger partial charge on any atom is 0.424 e. The Hall–Kier alpha value is -3.76. The number of ether oxygens (including phenoxy) is 2. The zero-order chi connectivity index (χ0) is 29.4. The molecule has 0 spiro atoms. The molecule has 14 heteroatoms. The Morgan fingerprint density at radius 3 is 2.41 bits per heavy atom. The molecule has 2 aromatic rings. The summed E-state index contributed by atoms with van der Waals surface area (Å²) < 4.78 is 67.2. The van der Waals surface area contributed by atoms with Crippen LogP contribution in [0.4, 0.5) is 28.0 Å². The SMILES string of the molecule is CC(C)(C)OC(=O)NC1=N[C@](C)(c2cc(NC(=O)c3ncc(C#N)cc3Cl)ccc2F)CO[C@@]1(C)C(F)(F)F. The number of anilines is 1. The third-order valence-corrected chi connectivity index (χ3v) is 5.89. The van der Waals surface area contributed by atoms with Gasteiger partial charge in [0.05, 0.1) is 17.2 Å². The molecule has 1 aliphatic heterocycles. The fraction of sp³-hybridized carbons (Fsp3) is 0.400. The fourth-order valence-electron chi connectivity index (χ4n) is 3.51. The van der Waals surface area contributed by atoms with E-state index in [-0.39, 0.29) is 27.5 Å². The van der Waals surface area contributed by atoms with E-state index in [0.717, 1.165) is 12.3 Å². The lowest BCUT2D eigenvalue weighted by Gasteiger charge is -2.42. The van der Waals surface area contributed by atoms with Gasteiger partial charge in [0, 0.05) is 17.4 Å². The predicted octanol–water partition coefficient (Wildman–Crippen LogP) is 5.49. The van der Waals surface area contributed by atoms with Crippen LogP contribution in [0.2, 0.25) is 5.02 Å². The number of nitrogens with one attached hydrogen (secondary N) is 2. The van der Waals surface area contributed by atoms with Gasteiger partial charge in [0.2, 0.25) is 5.60 Å². The smallest absolute Gasteiger partial charge is 0.424 e. The second-order valence-corrected chi connectivity index (χ2v) is 10.4. The molecule has 1 aromatic heterocycles. The number of aromatic nitrogens is 1. The number of aliphatic imine (C=N–C) groups is 1. The van der Waals surface area contributed by atoms with Gasteiger partial charge in [-0.2, -0.15) is 18.4 Å². The Morgan fingerprint density at radius 1 is 1.18 bits per heavy atom. The first-order valence-corrected chi connectivity index (χ1v) is 11.7. The number of alkyl carbamates (subject to hydrolysis) is 1. The van der Waals surface area contributed by atoms with E-state index in [4.69, 9.17) is 26.3 Å². The number of alkyl halides is 3. The highest BCUT2D eigenvalue weighted by molar-refractivity contribution is 6.34. The standard InChI is InChI=1S/C25H24ClF4N5O4/c1-22(2,3)39-21(37)34-20-24(5,25(28,29)30)38-12-23(4,35-20)15-9-14(6-7-17(15)27)33-19(36)18-16(26)8-13(10-31)11-32-18/h6-9,11H,12H2,1-5H3,(H,33,36)(H,34,35,37)/t23-,24+/m0/s1. The lowest BCUT2D eigenvalue weighted by Crippen LogP contribution is -2.62. The molecule has 0 saturated heterocycles. The van der Waals surface area contributed by atoms with Crippen LogP contribution in [-0.2, 0) is 15.0 Å². The van der Waals surface area contributed by atoms with Gasteiger partial charge in [-0.05, 0) is 58.9 Å². The summed E-state index contributed by atoms with van der Waals surface area (Å²) in [6.07, 6.45) is -5.06. The number of carbonyl (C=O) groups excluding carboxylic acids is 2. The van der Waals surface area contributed by atoms with E-state index >= 15 is 4.39 Å². The molecule has 39 heavy (non-hydrogen) atoms. The molecule has 2 heterocycles. The molecule has 0 unspecified atom stereocenters. The summed E-state index contributed by atoms with van der Waals surface area (Å²) >= 11 is 6.03. The van der Waals surface area contributed by atoms with Gasteiger partial charge in [-0.25, -0.2) is 14.2 Å². The summed E-state index contributed by atoms with van der Waals surface area (Å²) in [5, 5.41) is 13.3. The van der Waals surface area contributed by atoms with Gasteiger partial charge in [0.1, 0.15) is 34.6 Å². The number of hydrogen-bond acceptors (Lipinski definition) is 7. The van der Waals surface area contributed by atoms with Crippen LogP contribution < -0.4 is 10.6 Å². The average molecular weight is 570 g/mol. The highest BCUT2D eigenvalue weighted by Crippen LogP contribution is 2.42. The number of rotatable bonds is 3. The lowest BCUT2D eigenvalue weighted by molar-refractivity contribution is -0.250. The third-order valence-electron chi connectivity index (χ3n) is 5.60. The first kappa shape index (κ1) is 29.8. The number of nitriles is 1. The molecule has 0 saturated carbocycles. The van der Waals surface area contributed by atoms with Crippen molar-refractivity contribution in [2.24, 2.45) is 4.99 Å². The van der Waals surface area contributed by atoms with Crippen molar-refractivity contribution < 1.29 is 36.6 Å². The number of pyridine rings is 1. The summed E-state index contributed by atoms with van der Waals surface area (Å²) in [6, 6.07) is 6.43. The van der Waals surface area contributed by atoms with Crippen molar-refractivity contribution in [2.75, 3.05) is 11.9 Å². The lowest BCUT2D eigenvalue weighted by atomic mass is 9.89. The molecule has 0 aliphatic carbocycles. The van der Waals surface area contributed by atoms with Gasteiger partial charge in [-0.15, -0.1) is 0 Å². The molecule has 2 N–H and O–H groups in total. The molecule has 1 aromatic carbocycles. The maximum absolute atomic E-state index is 15.0. The van der Waals surface area contributed by atoms with Crippen LogP contribution in [0.1, 0.15) is 56.2 Å². The Morgan fingerprint density at radius 2 is 1.85 bits per heavy atom. The minimum absolute atomic E-state index is 0.0425. The number of halogens is 5. The second kappa shape index (κ2) is 10.4. The van der Waals surface area contributed by atoms with Crippen LogP contribution in [0.25, 0.3) is 0 Å². The quantitative estimate of drug-likeness (QED) is 0.471. The minimum Gasteiger partial charge on any atom is -0.444 e. The average Bonchev–Trinajstić information content (AvgIpc) is 2.80. The van der Waals surface area contributed by atoms with Crippen molar-refractivity contribution in [2.45, 2.75) is 57.5 Å². The second-order valence-electron chi connectivity index (χ2n) is 10.00. The van der Waals surface area contributed by atoms with Crippen LogP contribution in [0.3, 0.4) is 0 Å². The van der Waals surface area contributed by atoms with Crippen molar-refractivity contribution in [3.63, 3.8) is 0 Å². The van der Waals surface area contributed by atoms with Gasteiger partial charge >= 0.3 is 12.3 Å². The number of hydrogen-bond donors (Lipinski definition) is 2. The van der Waals surface area contributed by atoms with E-state index in [9.17, 15) is 22.8 Å². The highest BCUT2D eigenvalue weighted by atomic mass is 35.5. The first-order chi connectivity index (χ1) is 17.9. The summed E-state index contributed by atoms with van der Waals surface area (Å²) in [5.74, 6) is -2.57. The minimum atomic E-state index is -5.00. The topological polar surface area (TPSA) is 126 Å². The number of nitrogens with zero attached hydrogens (tertiary/aromatic N) is 3. The van der Waals surface area contributed by atoms with E-state index in [1.54, 1.807) is 0 Å². The normalized spacial score (nSPS) is 21.4. The molecule has 2 atom stereocenters. The zero-order valence-corrected chi connectivity index (χ0v) is 22.2. The third kappa shape index (κ3) is 6.46. The van der Waals surface area contributed by atoms with E-state index in [2.05, 4.69) is 15.3 Å². The van der Waals surface area contributed by atoms with E-state index in [1.807, 2.05) is 11.4 Å². The summed E-state index contributed by atoms with van der Waals surface area (Å²) in [7, 11) is 0. The highest BCUT2D eigenvalue weighted by Gasteiger charge is 2.60. The molecule has 9 nitrogen and oxygen atoms in total. The molecule has 0 bridgehead atoms.